The summed E-state index contributed by atoms with van der Waals surface area (Å²) in [6.07, 6.45) is 0. The SMILES string of the molecule is CC(=O)NN(C(C)(C)C)C(C)(C)C. The first-order chi connectivity index (χ1) is 5.55. The van der Waals surface area contributed by atoms with Crippen LogP contribution in [0.5, 0.6) is 0 Å². The van der Waals surface area contributed by atoms with Crippen molar-refractivity contribution < 1.29 is 4.79 Å². The van der Waals surface area contributed by atoms with Crippen LogP contribution in [0, 0.1) is 0 Å². The second-order valence-corrected chi connectivity index (χ2v) is 5.35. The Morgan fingerprint density at radius 2 is 1.31 bits per heavy atom. The minimum Gasteiger partial charge on any atom is -0.288 e. The molecule has 0 unspecified atom stereocenters. The summed E-state index contributed by atoms with van der Waals surface area (Å²) in [6, 6.07) is 0. The molecule has 13 heavy (non-hydrogen) atoms. The van der Waals surface area contributed by atoms with Crippen LogP contribution < -0.4 is 5.43 Å². The van der Waals surface area contributed by atoms with Gasteiger partial charge in [0.1, 0.15) is 0 Å². The van der Waals surface area contributed by atoms with E-state index in [0.717, 1.165) is 0 Å². The predicted octanol–water partition coefficient (Wildman–Crippen LogP) is 1.94. The lowest BCUT2D eigenvalue weighted by Crippen LogP contribution is -2.60. The van der Waals surface area contributed by atoms with Gasteiger partial charge in [-0.05, 0) is 41.5 Å². The maximum absolute atomic E-state index is 11.0. The van der Waals surface area contributed by atoms with E-state index < -0.39 is 0 Å². The van der Waals surface area contributed by atoms with Crippen molar-refractivity contribution >= 4 is 5.91 Å². The Morgan fingerprint density at radius 3 is 1.38 bits per heavy atom. The van der Waals surface area contributed by atoms with Crippen LogP contribution in [0.25, 0.3) is 0 Å². The summed E-state index contributed by atoms with van der Waals surface area (Å²) >= 11 is 0. The quantitative estimate of drug-likeness (QED) is 0.635. The van der Waals surface area contributed by atoms with Crippen LogP contribution in [-0.4, -0.2) is 22.0 Å². The van der Waals surface area contributed by atoms with Crippen LogP contribution in [-0.2, 0) is 4.79 Å². The average Bonchev–Trinajstić information content (AvgIpc) is 1.77. The zero-order chi connectivity index (χ0) is 10.9. The van der Waals surface area contributed by atoms with E-state index in [2.05, 4.69) is 47.0 Å². The molecule has 0 rings (SSSR count). The lowest BCUT2D eigenvalue weighted by Gasteiger charge is -2.44. The number of carbonyl (C=O) groups excluding carboxylic acids is 1. The lowest BCUT2D eigenvalue weighted by molar-refractivity contribution is -0.131. The van der Waals surface area contributed by atoms with Crippen molar-refractivity contribution in [1.82, 2.24) is 10.4 Å². The van der Waals surface area contributed by atoms with Crippen molar-refractivity contribution in [2.75, 3.05) is 0 Å². The smallest absolute Gasteiger partial charge is 0.231 e. The Morgan fingerprint density at radius 1 is 1.00 bits per heavy atom. The highest BCUT2D eigenvalue weighted by Crippen LogP contribution is 2.21. The molecule has 0 atom stereocenters. The molecular weight excluding hydrogens is 164 g/mol. The van der Waals surface area contributed by atoms with Crippen molar-refractivity contribution in [2.24, 2.45) is 0 Å². The van der Waals surface area contributed by atoms with Gasteiger partial charge in [-0.3, -0.25) is 10.2 Å². The molecule has 0 aromatic carbocycles. The Labute approximate surface area is 81.5 Å². The first-order valence-electron chi connectivity index (χ1n) is 4.62. The Kier molecular flexibility index (Phi) is 3.50. The van der Waals surface area contributed by atoms with Gasteiger partial charge in [-0.2, -0.15) is 0 Å². The number of amides is 1. The zero-order valence-electron chi connectivity index (χ0n) is 9.86. The highest BCUT2D eigenvalue weighted by atomic mass is 16.2. The summed E-state index contributed by atoms with van der Waals surface area (Å²) in [5.74, 6) is -0.0233. The van der Waals surface area contributed by atoms with Gasteiger partial charge in [-0.15, -0.1) is 0 Å². The Balaban J connectivity index is 4.68. The van der Waals surface area contributed by atoms with E-state index in [9.17, 15) is 4.79 Å². The van der Waals surface area contributed by atoms with Crippen molar-refractivity contribution in [3.05, 3.63) is 0 Å². The monoisotopic (exact) mass is 186 g/mol. The Hall–Kier alpha value is -0.570. The fourth-order valence-corrected chi connectivity index (χ4v) is 1.50. The Bertz CT molecular complexity index is 172. The fraction of sp³-hybridized carbons (Fsp3) is 0.900. The van der Waals surface area contributed by atoms with Crippen molar-refractivity contribution in [3.8, 4) is 0 Å². The van der Waals surface area contributed by atoms with E-state index in [1.165, 1.54) is 6.92 Å². The van der Waals surface area contributed by atoms with Crippen LogP contribution >= 0.6 is 0 Å². The average molecular weight is 186 g/mol. The third-order valence-corrected chi connectivity index (χ3v) is 1.61. The molecule has 3 heteroatoms. The second kappa shape index (κ2) is 3.66. The minimum atomic E-state index is -0.0656. The summed E-state index contributed by atoms with van der Waals surface area (Å²) < 4.78 is 0. The molecule has 0 fully saturated rings. The third kappa shape index (κ3) is 4.27. The first-order valence-corrected chi connectivity index (χ1v) is 4.62. The maximum atomic E-state index is 11.0. The van der Waals surface area contributed by atoms with Gasteiger partial charge in [-0.1, -0.05) is 0 Å². The van der Waals surface area contributed by atoms with Crippen molar-refractivity contribution in [3.63, 3.8) is 0 Å². The number of nitrogens with zero attached hydrogens (tertiary/aromatic N) is 1. The molecule has 3 nitrogen and oxygen atoms in total. The van der Waals surface area contributed by atoms with Gasteiger partial charge in [0.25, 0.3) is 0 Å². The van der Waals surface area contributed by atoms with Gasteiger partial charge in [0.2, 0.25) is 5.91 Å². The van der Waals surface area contributed by atoms with Crippen molar-refractivity contribution in [1.29, 1.82) is 0 Å². The van der Waals surface area contributed by atoms with E-state index >= 15 is 0 Å². The summed E-state index contributed by atoms with van der Waals surface area (Å²) in [4.78, 5) is 11.0. The number of carbonyl (C=O) groups is 1. The second-order valence-electron chi connectivity index (χ2n) is 5.35. The summed E-state index contributed by atoms with van der Waals surface area (Å²) in [6.45, 7) is 14.0. The van der Waals surface area contributed by atoms with Crippen LogP contribution in [0.3, 0.4) is 0 Å². The van der Waals surface area contributed by atoms with E-state index in [0.29, 0.717) is 0 Å². The largest absolute Gasteiger partial charge is 0.288 e. The molecule has 0 aromatic heterocycles. The molecule has 0 radical (unpaired) electrons. The van der Waals surface area contributed by atoms with Gasteiger partial charge < -0.3 is 0 Å². The summed E-state index contributed by atoms with van der Waals surface area (Å²) in [5.41, 5.74) is 2.72. The number of hydrazine groups is 1. The molecule has 0 aliphatic heterocycles. The van der Waals surface area contributed by atoms with E-state index in [1.54, 1.807) is 0 Å². The lowest BCUT2D eigenvalue weighted by atomic mass is 9.99. The number of rotatable bonds is 1. The molecule has 1 N–H and O–H groups in total. The summed E-state index contributed by atoms with van der Waals surface area (Å²) in [7, 11) is 0. The van der Waals surface area contributed by atoms with E-state index in [4.69, 9.17) is 0 Å². The first kappa shape index (κ1) is 12.4. The number of nitrogens with one attached hydrogen (secondary N) is 1. The fourth-order valence-electron chi connectivity index (χ4n) is 1.50. The van der Waals surface area contributed by atoms with E-state index in [-0.39, 0.29) is 17.0 Å². The minimum absolute atomic E-state index is 0.0233. The van der Waals surface area contributed by atoms with Gasteiger partial charge >= 0.3 is 0 Å². The highest BCUT2D eigenvalue weighted by molar-refractivity contribution is 5.72. The predicted molar refractivity (Wildman–Crippen MR) is 55.2 cm³/mol. The maximum Gasteiger partial charge on any atom is 0.231 e. The topological polar surface area (TPSA) is 32.3 Å². The molecule has 0 aromatic rings. The van der Waals surface area contributed by atoms with Gasteiger partial charge in [0.05, 0.1) is 0 Å². The normalized spacial score (nSPS) is 13.2. The molecule has 0 aliphatic carbocycles. The highest BCUT2D eigenvalue weighted by Gasteiger charge is 2.32. The zero-order valence-corrected chi connectivity index (χ0v) is 9.86. The molecule has 0 aliphatic rings. The van der Waals surface area contributed by atoms with Crippen LogP contribution in [0.4, 0.5) is 0 Å². The third-order valence-electron chi connectivity index (χ3n) is 1.61. The van der Waals surface area contributed by atoms with Crippen molar-refractivity contribution in [2.45, 2.75) is 59.5 Å². The molecule has 0 bridgehead atoms. The molecule has 78 valence electrons. The van der Waals surface area contributed by atoms with E-state index in [1.807, 2.05) is 5.01 Å². The molecule has 0 saturated heterocycles. The molecule has 1 amide bonds. The van der Waals surface area contributed by atoms with Gasteiger partial charge in [-0.25, -0.2) is 5.01 Å². The van der Waals surface area contributed by atoms with Gasteiger partial charge in [0, 0.05) is 18.0 Å². The standard InChI is InChI=1S/C10H22N2O/c1-8(13)11-12(9(2,3)4)10(5,6)7/h1-7H3,(H,11,13). The summed E-state index contributed by atoms with van der Waals surface area (Å²) in [5, 5.41) is 1.97. The number of hydrogen-bond donors (Lipinski definition) is 1. The van der Waals surface area contributed by atoms with Gasteiger partial charge in [0.15, 0.2) is 0 Å². The van der Waals surface area contributed by atoms with Crippen LogP contribution in [0.15, 0.2) is 0 Å². The number of hydrogen-bond acceptors (Lipinski definition) is 2. The molecule has 0 spiro atoms. The molecule has 0 heterocycles. The van der Waals surface area contributed by atoms with Crippen LogP contribution in [0.1, 0.15) is 48.5 Å². The molecular formula is C10H22N2O. The molecule has 0 saturated carbocycles. The van der Waals surface area contributed by atoms with Crippen LogP contribution in [0.2, 0.25) is 0 Å².